The Morgan fingerprint density at radius 1 is 1.39 bits per heavy atom. The van der Waals surface area contributed by atoms with Gasteiger partial charge in [-0.1, -0.05) is 13.8 Å². The Morgan fingerprint density at radius 2 is 2.17 bits per heavy atom. The SMILES string of the molecule is Cc1cc(=O)n2ccn([C@H]3CCC(C)(C)C3)c2n1. The maximum atomic E-state index is 11.9. The highest BCUT2D eigenvalue weighted by atomic mass is 16.1. The number of aromatic nitrogens is 3. The summed E-state index contributed by atoms with van der Waals surface area (Å²) < 4.78 is 3.81. The number of imidazole rings is 1. The molecule has 0 bridgehead atoms. The summed E-state index contributed by atoms with van der Waals surface area (Å²) in [7, 11) is 0. The summed E-state index contributed by atoms with van der Waals surface area (Å²) in [6.07, 6.45) is 7.38. The fourth-order valence-electron chi connectivity index (χ4n) is 3.04. The maximum absolute atomic E-state index is 11.9. The third-order valence-corrected chi connectivity index (χ3v) is 4.00. The Hall–Kier alpha value is -1.58. The molecule has 4 heteroatoms. The summed E-state index contributed by atoms with van der Waals surface area (Å²) in [6, 6.07) is 2.05. The molecule has 0 aromatic carbocycles. The summed E-state index contributed by atoms with van der Waals surface area (Å²) in [6.45, 7) is 6.49. The minimum atomic E-state index is 0.00788. The molecule has 4 nitrogen and oxygen atoms in total. The molecule has 2 heterocycles. The number of nitrogens with zero attached hydrogens (tertiary/aromatic N) is 3. The van der Waals surface area contributed by atoms with Crippen LogP contribution < -0.4 is 5.56 Å². The molecule has 1 saturated carbocycles. The van der Waals surface area contributed by atoms with Crippen LogP contribution in [0.15, 0.2) is 23.3 Å². The number of hydrogen-bond donors (Lipinski definition) is 0. The average Bonchev–Trinajstić information content (AvgIpc) is 2.81. The summed E-state index contributed by atoms with van der Waals surface area (Å²) in [5.74, 6) is 0.780. The van der Waals surface area contributed by atoms with Crippen LogP contribution in [0.1, 0.15) is 44.8 Å². The van der Waals surface area contributed by atoms with E-state index >= 15 is 0 Å². The Labute approximate surface area is 106 Å². The van der Waals surface area contributed by atoms with E-state index in [-0.39, 0.29) is 5.56 Å². The number of hydrogen-bond acceptors (Lipinski definition) is 2. The highest BCUT2D eigenvalue weighted by molar-refractivity contribution is 5.32. The van der Waals surface area contributed by atoms with Crippen molar-refractivity contribution in [2.75, 3.05) is 0 Å². The van der Waals surface area contributed by atoms with Gasteiger partial charge in [0.05, 0.1) is 0 Å². The molecule has 3 rings (SSSR count). The van der Waals surface area contributed by atoms with Gasteiger partial charge in [0.15, 0.2) is 0 Å². The number of rotatable bonds is 1. The van der Waals surface area contributed by atoms with Crippen molar-refractivity contribution in [1.82, 2.24) is 14.0 Å². The van der Waals surface area contributed by atoms with Crippen LogP contribution >= 0.6 is 0 Å². The first-order valence-corrected chi connectivity index (χ1v) is 6.53. The monoisotopic (exact) mass is 245 g/mol. The molecule has 0 N–H and O–H groups in total. The third-order valence-electron chi connectivity index (χ3n) is 4.00. The lowest BCUT2D eigenvalue weighted by atomic mass is 9.92. The number of aryl methyl sites for hydroxylation is 1. The topological polar surface area (TPSA) is 39.3 Å². The van der Waals surface area contributed by atoms with Crippen LogP contribution in [0.25, 0.3) is 5.78 Å². The largest absolute Gasteiger partial charge is 0.314 e. The van der Waals surface area contributed by atoms with Crippen molar-refractivity contribution in [1.29, 1.82) is 0 Å². The first kappa shape index (κ1) is 11.5. The van der Waals surface area contributed by atoms with E-state index in [1.54, 1.807) is 10.5 Å². The van der Waals surface area contributed by atoms with Gasteiger partial charge in [-0.3, -0.25) is 9.20 Å². The van der Waals surface area contributed by atoms with Crippen molar-refractivity contribution >= 4 is 5.78 Å². The van der Waals surface area contributed by atoms with Crippen molar-refractivity contribution in [3.63, 3.8) is 0 Å². The van der Waals surface area contributed by atoms with Gasteiger partial charge in [-0.25, -0.2) is 4.98 Å². The van der Waals surface area contributed by atoms with Crippen LogP contribution in [0, 0.1) is 12.3 Å². The standard InChI is InChI=1S/C14H19N3O/c1-10-8-12(18)17-7-6-16(13(17)15-10)11-4-5-14(2,3)9-11/h6-8,11H,4-5,9H2,1-3H3/t11-/m0/s1. The van der Waals surface area contributed by atoms with Crippen molar-refractivity contribution in [2.45, 2.75) is 46.1 Å². The Bertz CT molecular complexity index is 651. The van der Waals surface area contributed by atoms with Crippen molar-refractivity contribution in [2.24, 2.45) is 5.41 Å². The Morgan fingerprint density at radius 3 is 2.83 bits per heavy atom. The second kappa shape index (κ2) is 3.70. The minimum absolute atomic E-state index is 0.00788. The van der Waals surface area contributed by atoms with Gasteiger partial charge in [0.25, 0.3) is 5.56 Å². The zero-order valence-corrected chi connectivity index (χ0v) is 11.2. The molecular weight excluding hydrogens is 226 g/mol. The lowest BCUT2D eigenvalue weighted by Gasteiger charge is -2.18. The zero-order valence-electron chi connectivity index (χ0n) is 11.2. The predicted molar refractivity (Wildman–Crippen MR) is 70.9 cm³/mol. The van der Waals surface area contributed by atoms with Crippen molar-refractivity contribution < 1.29 is 0 Å². The molecule has 2 aromatic heterocycles. The number of fused-ring (bicyclic) bond motifs is 1. The highest BCUT2D eigenvalue weighted by Crippen LogP contribution is 2.43. The van der Waals surface area contributed by atoms with Crippen molar-refractivity contribution in [3.8, 4) is 0 Å². The van der Waals surface area contributed by atoms with Gasteiger partial charge < -0.3 is 4.57 Å². The van der Waals surface area contributed by atoms with E-state index in [4.69, 9.17) is 0 Å². The van der Waals surface area contributed by atoms with Crippen molar-refractivity contribution in [3.05, 3.63) is 34.5 Å². The molecule has 96 valence electrons. The average molecular weight is 245 g/mol. The molecule has 0 aliphatic heterocycles. The van der Waals surface area contributed by atoms with E-state index in [1.165, 1.54) is 12.8 Å². The van der Waals surface area contributed by atoms with Gasteiger partial charge in [-0.15, -0.1) is 0 Å². The van der Waals surface area contributed by atoms with E-state index in [2.05, 4.69) is 23.4 Å². The molecule has 0 amide bonds. The molecule has 0 saturated heterocycles. The van der Waals surface area contributed by atoms with E-state index in [0.717, 1.165) is 17.9 Å². The zero-order chi connectivity index (χ0) is 12.9. The molecule has 1 aliphatic rings. The predicted octanol–water partition coefficient (Wildman–Crippen LogP) is 2.56. The minimum Gasteiger partial charge on any atom is -0.314 e. The van der Waals surface area contributed by atoms with E-state index < -0.39 is 0 Å². The molecule has 18 heavy (non-hydrogen) atoms. The first-order valence-electron chi connectivity index (χ1n) is 6.53. The lowest BCUT2D eigenvalue weighted by molar-refractivity contribution is 0.360. The van der Waals surface area contributed by atoms with Crippen LogP contribution in [0.5, 0.6) is 0 Å². The summed E-state index contributed by atoms with van der Waals surface area (Å²) in [4.78, 5) is 16.4. The van der Waals surface area contributed by atoms with Crippen LogP contribution in [0.3, 0.4) is 0 Å². The lowest BCUT2D eigenvalue weighted by Crippen LogP contribution is -2.16. The van der Waals surface area contributed by atoms with Crippen LogP contribution in [-0.2, 0) is 0 Å². The smallest absolute Gasteiger partial charge is 0.259 e. The first-order chi connectivity index (χ1) is 8.46. The molecule has 2 aromatic rings. The summed E-state index contributed by atoms with van der Waals surface area (Å²) in [5, 5.41) is 0. The molecular formula is C14H19N3O. The van der Waals surface area contributed by atoms with E-state index in [1.807, 2.05) is 19.3 Å². The van der Waals surface area contributed by atoms with Crippen LogP contribution in [0.2, 0.25) is 0 Å². The molecule has 1 fully saturated rings. The molecule has 0 spiro atoms. The normalized spacial score (nSPS) is 22.7. The van der Waals surface area contributed by atoms with Gasteiger partial charge in [0.1, 0.15) is 0 Å². The Kier molecular flexibility index (Phi) is 2.37. The van der Waals surface area contributed by atoms with Gasteiger partial charge in [-0.05, 0) is 31.6 Å². The quantitative estimate of drug-likeness (QED) is 0.774. The molecule has 0 unspecified atom stereocenters. The molecule has 0 radical (unpaired) electrons. The van der Waals surface area contributed by atoms with Gasteiger partial charge in [-0.2, -0.15) is 0 Å². The third kappa shape index (κ3) is 1.76. The fraction of sp³-hybridized carbons (Fsp3) is 0.571. The van der Waals surface area contributed by atoms with Crippen LogP contribution in [0.4, 0.5) is 0 Å². The van der Waals surface area contributed by atoms with Gasteiger partial charge in [0, 0.05) is 30.2 Å². The molecule has 1 atom stereocenters. The van der Waals surface area contributed by atoms with E-state index in [9.17, 15) is 4.79 Å². The summed E-state index contributed by atoms with van der Waals surface area (Å²) in [5.41, 5.74) is 1.20. The molecule has 1 aliphatic carbocycles. The summed E-state index contributed by atoms with van der Waals surface area (Å²) >= 11 is 0. The highest BCUT2D eigenvalue weighted by Gasteiger charge is 2.32. The fourth-order valence-corrected chi connectivity index (χ4v) is 3.04. The van der Waals surface area contributed by atoms with E-state index in [0.29, 0.717) is 11.5 Å². The second-order valence-corrected chi connectivity index (χ2v) is 6.17. The van der Waals surface area contributed by atoms with Crippen LogP contribution in [-0.4, -0.2) is 14.0 Å². The second-order valence-electron chi connectivity index (χ2n) is 6.17. The van der Waals surface area contributed by atoms with Gasteiger partial charge in [0.2, 0.25) is 5.78 Å². The maximum Gasteiger partial charge on any atom is 0.259 e. The Balaban J connectivity index is 2.11. The van der Waals surface area contributed by atoms with Gasteiger partial charge >= 0.3 is 0 Å².